The number of aryl methyl sites for hydroxylation is 1. The van der Waals surface area contributed by atoms with Crippen LogP contribution in [0.25, 0.3) is 0 Å². The van der Waals surface area contributed by atoms with Gasteiger partial charge in [-0.2, -0.15) is 0 Å². The highest BCUT2D eigenvalue weighted by Gasteiger charge is 2.14. The van der Waals surface area contributed by atoms with Gasteiger partial charge in [0.25, 0.3) is 0 Å². The third kappa shape index (κ3) is 12.4. The van der Waals surface area contributed by atoms with E-state index in [4.69, 9.17) is 9.47 Å². The van der Waals surface area contributed by atoms with E-state index in [1.165, 1.54) is 75.8 Å². The van der Waals surface area contributed by atoms with Crippen LogP contribution < -0.4 is 14.8 Å². The zero-order chi connectivity index (χ0) is 26.7. The van der Waals surface area contributed by atoms with Gasteiger partial charge in [-0.15, -0.1) is 0 Å². The van der Waals surface area contributed by atoms with Crippen molar-refractivity contribution in [3.05, 3.63) is 59.7 Å². The highest BCUT2D eigenvalue weighted by molar-refractivity contribution is 5.28. The minimum atomic E-state index is -0.118. The predicted octanol–water partition coefficient (Wildman–Crippen LogP) is 7.44. The number of hydrogen-bond donors (Lipinski definition) is 1. The zero-order valence-corrected chi connectivity index (χ0v) is 24.4. The molecular formula is C33H52N2O2. The van der Waals surface area contributed by atoms with Gasteiger partial charge < -0.3 is 19.7 Å². The van der Waals surface area contributed by atoms with Crippen LogP contribution in [0.15, 0.2) is 48.5 Å². The van der Waals surface area contributed by atoms with Crippen LogP contribution in [0.3, 0.4) is 0 Å². The van der Waals surface area contributed by atoms with Crippen LogP contribution in [0.2, 0.25) is 0 Å². The lowest BCUT2D eigenvalue weighted by molar-refractivity contribution is 0.130. The van der Waals surface area contributed by atoms with Gasteiger partial charge in [0, 0.05) is 12.6 Å². The van der Waals surface area contributed by atoms with Gasteiger partial charge in [0.05, 0.1) is 0 Å². The van der Waals surface area contributed by atoms with E-state index in [1.807, 2.05) is 0 Å². The Balaban J connectivity index is 0.000000206. The van der Waals surface area contributed by atoms with E-state index in [-0.39, 0.29) is 11.2 Å². The summed E-state index contributed by atoms with van der Waals surface area (Å²) in [5.74, 6) is 1.93. The van der Waals surface area contributed by atoms with Crippen LogP contribution >= 0.6 is 0 Å². The van der Waals surface area contributed by atoms with Gasteiger partial charge in [0.1, 0.15) is 22.7 Å². The lowest BCUT2D eigenvalue weighted by Gasteiger charge is -2.23. The Kier molecular flexibility index (Phi) is 11.3. The smallest absolute Gasteiger partial charge is 0.120 e. The summed E-state index contributed by atoms with van der Waals surface area (Å²) in [6.45, 7) is 17.4. The monoisotopic (exact) mass is 508 g/mol. The van der Waals surface area contributed by atoms with Crippen molar-refractivity contribution in [2.75, 3.05) is 26.2 Å². The molecule has 206 valence electrons. The second-order valence-corrected chi connectivity index (χ2v) is 12.7. The quantitative estimate of drug-likeness (QED) is 0.402. The number of hydrogen-bond acceptors (Lipinski definition) is 4. The van der Waals surface area contributed by atoms with E-state index < -0.39 is 0 Å². The summed E-state index contributed by atoms with van der Waals surface area (Å²) in [5.41, 5.74) is 2.58. The largest absolute Gasteiger partial charge is 0.488 e. The molecule has 4 nitrogen and oxygen atoms in total. The second-order valence-electron chi connectivity index (χ2n) is 12.7. The minimum absolute atomic E-state index is 0.114. The molecule has 2 aromatic rings. The molecule has 2 aliphatic rings. The van der Waals surface area contributed by atoms with E-state index in [0.717, 1.165) is 30.4 Å². The molecule has 2 aromatic carbocycles. The van der Waals surface area contributed by atoms with Gasteiger partial charge in [0.2, 0.25) is 0 Å². The first-order chi connectivity index (χ1) is 17.6. The number of rotatable bonds is 8. The van der Waals surface area contributed by atoms with Crippen molar-refractivity contribution < 1.29 is 9.47 Å². The molecule has 0 unspecified atom stereocenters. The molecule has 0 spiro atoms. The van der Waals surface area contributed by atoms with Crippen molar-refractivity contribution in [1.82, 2.24) is 10.2 Å². The molecular weight excluding hydrogens is 456 g/mol. The summed E-state index contributed by atoms with van der Waals surface area (Å²) < 4.78 is 11.7. The Hall–Kier alpha value is -2.04. The highest BCUT2D eigenvalue weighted by Crippen LogP contribution is 2.21. The predicted molar refractivity (Wildman–Crippen MR) is 157 cm³/mol. The summed E-state index contributed by atoms with van der Waals surface area (Å²) in [5, 5.41) is 3.61. The molecule has 1 atom stereocenters. The van der Waals surface area contributed by atoms with Crippen LogP contribution in [-0.4, -0.2) is 48.3 Å². The molecule has 4 rings (SSSR count). The topological polar surface area (TPSA) is 33.7 Å². The van der Waals surface area contributed by atoms with Gasteiger partial charge in [-0.3, -0.25) is 0 Å². The third-order valence-electron chi connectivity index (χ3n) is 6.80. The summed E-state index contributed by atoms with van der Waals surface area (Å²) in [4.78, 5) is 2.56. The molecule has 4 heteroatoms. The average Bonchev–Trinajstić information content (AvgIpc) is 3.36. The maximum atomic E-state index is 5.84. The first-order valence-corrected chi connectivity index (χ1v) is 14.6. The van der Waals surface area contributed by atoms with Crippen molar-refractivity contribution in [2.24, 2.45) is 0 Å². The van der Waals surface area contributed by atoms with Crippen LogP contribution in [-0.2, 0) is 12.8 Å². The van der Waals surface area contributed by atoms with E-state index >= 15 is 0 Å². The Bertz CT molecular complexity index is 882. The molecule has 0 saturated carbocycles. The minimum Gasteiger partial charge on any atom is -0.488 e. The summed E-state index contributed by atoms with van der Waals surface area (Å²) in [6.07, 6.45) is 10.4. The number of likely N-dealkylation sites (tertiary alicyclic amines) is 1. The number of nitrogens with one attached hydrogen (secondary N) is 1. The van der Waals surface area contributed by atoms with Crippen molar-refractivity contribution in [1.29, 1.82) is 0 Å². The molecule has 0 radical (unpaired) electrons. The molecule has 2 aliphatic heterocycles. The van der Waals surface area contributed by atoms with Crippen LogP contribution in [0.5, 0.6) is 11.5 Å². The fourth-order valence-electron chi connectivity index (χ4n) is 4.96. The summed E-state index contributed by atoms with van der Waals surface area (Å²) in [6, 6.07) is 17.9. The first kappa shape index (κ1) is 29.5. The zero-order valence-electron chi connectivity index (χ0n) is 24.4. The van der Waals surface area contributed by atoms with Crippen molar-refractivity contribution >= 4 is 0 Å². The van der Waals surface area contributed by atoms with E-state index in [9.17, 15) is 0 Å². The molecule has 0 aliphatic carbocycles. The molecule has 2 heterocycles. The molecule has 2 saturated heterocycles. The van der Waals surface area contributed by atoms with Gasteiger partial charge in [0.15, 0.2) is 0 Å². The molecule has 2 fully saturated rings. The van der Waals surface area contributed by atoms with Gasteiger partial charge in [-0.1, -0.05) is 30.7 Å². The number of ether oxygens (including phenoxy) is 2. The Morgan fingerprint density at radius 1 is 0.703 bits per heavy atom. The average molecular weight is 509 g/mol. The summed E-state index contributed by atoms with van der Waals surface area (Å²) >= 11 is 0. The van der Waals surface area contributed by atoms with Crippen molar-refractivity contribution in [2.45, 2.75) is 110 Å². The molecule has 0 amide bonds. The Morgan fingerprint density at radius 2 is 1.22 bits per heavy atom. The second kappa shape index (κ2) is 14.2. The van der Waals surface area contributed by atoms with Crippen molar-refractivity contribution in [3.63, 3.8) is 0 Å². The number of benzene rings is 2. The van der Waals surface area contributed by atoms with E-state index in [0.29, 0.717) is 0 Å². The van der Waals surface area contributed by atoms with E-state index in [1.54, 1.807) is 0 Å². The molecule has 1 N–H and O–H groups in total. The van der Waals surface area contributed by atoms with Crippen molar-refractivity contribution in [3.8, 4) is 11.5 Å². The summed E-state index contributed by atoms with van der Waals surface area (Å²) in [7, 11) is 0. The fraction of sp³-hybridized carbons (Fsp3) is 0.636. The van der Waals surface area contributed by atoms with Crippen LogP contribution in [0.1, 0.15) is 91.2 Å². The lowest BCUT2D eigenvalue weighted by atomic mass is 9.98. The fourth-order valence-corrected chi connectivity index (χ4v) is 4.96. The standard InChI is InChI=1S/C17H27NO.C16H25NO/c1-17(2,3)19-16-11-8-14(9-12-16)7-10-15-6-4-5-13-18-15;1-16(2,3)18-15-8-6-14(7-9-15)10-13-17-11-4-5-12-17/h8-9,11-12,15,18H,4-7,10,13H2,1-3H3;6-9H,4-5,10-13H2,1-3H3/t15-;/m0./s1. The highest BCUT2D eigenvalue weighted by atomic mass is 16.5. The third-order valence-corrected chi connectivity index (χ3v) is 6.80. The molecule has 37 heavy (non-hydrogen) atoms. The van der Waals surface area contributed by atoms with Gasteiger partial charge >= 0.3 is 0 Å². The van der Waals surface area contributed by atoms with E-state index in [2.05, 4.69) is 100 Å². The lowest BCUT2D eigenvalue weighted by Crippen LogP contribution is -2.34. The molecule has 0 bridgehead atoms. The SMILES string of the molecule is CC(C)(C)Oc1ccc(CCN2CCCC2)cc1.CC(C)(C)Oc1ccc(CC[C@@H]2CCCCN2)cc1. The maximum absolute atomic E-state index is 5.84. The Labute approximate surface area is 227 Å². The van der Waals surface area contributed by atoms with Gasteiger partial charge in [-0.05, 0) is 142 Å². The normalized spacial score (nSPS) is 18.7. The Morgan fingerprint density at radius 3 is 1.68 bits per heavy atom. The first-order valence-electron chi connectivity index (χ1n) is 14.6. The van der Waals surface area contributed by atoms with Crippen LogP contribution in [0.4, 0.5) is 0 Å². The van der Waals surface area contributed by atoms with Crippen LogP contribution in [0, 0.1) is 0 Å². The number of nitrogens with zero attached hydrogens (tertiary/aromatic N) is 1. The number of piperidine rings is 1. The van der Waals surface area contributed by atoms with Gasteiger partial charge in [-0.25, -0.2) is 0 Å². The molecule has 0 aromatic heterocycles. The maximum Gasteiger partial charge on any atom is 0.120 e.